The summed E-state index contributed by atoms with van der Waals surface area (Å²) in [7, 11) is 1.89. The van der Waals surface area contributed by atoms with Gasteiger partial charge in [0.05, 0.1) is 11.0 Å². The molecule has 96 valence electrons. The number of carboxylic acid groups (broad SMARTS) is 1. The zero-order valence-corrected chi connectivity index (χ0v) is 10.2. The zero-order chi connectivity index (χ0) is 13.1. The van der Waals surface area contributed by atoms with E-state index < -0.39 is 5.97 Å². The third-order valence-corrected chi connectivity index (χ3v) is 2.98. The topological polar surface area (TPSA) is 55.1 Å². The van der Waals surface area contributed by atoms with Crippen LogP contribution in [0.1, 0.15) is 25.1 Å². The lowest BCUT2D eigenvalue weighted by molar-refractivity contribution is -0.137. The first-order valence-corrected chi connectivity index (χ1v) is 5.90. The van der Waals surface area contributed by atoms with Gasteiger partial charge in [-0.3, -0.25) is 4.79 Å². The Kier molecular flexibility index (Phi) is 3.60. The number of aliphatic carboxylic acids is 1. The Hall–Kier alpha value is -1.91. The van der Waals surface area contributed by atoms with Gasteiger partial charge in [0, 0.05) is 26.0 Å². The molecule has 0 unspecified atom stereocenters. The van der Waals surface area contributed by atoms with Gasteiger partial charge in [-0.05, 0) is 25.0 Å². The number of hydrogen-bond acceptors (Lipinski definition) is 2. The summed E-state index contributed by atoms with van der Waals surface area (Å²) >= 11 is 0. The maximum Gasteiger partial charge on any atom is 0.303 e. The highest BCUT2D eigenvalue weighted by molar-refractivity contribution is 5.75. The lowest BCUT2D eigenvalue weighted by atomic mass is 10.2. The van der Waals surface area contributed by atoms with Crippen LogP contribution in [0.4, 0.5) is 4.39 Å². The molecule has 0 spiro atoms. The monoisotopic (exact) mass is 250 g/mol. The van der Waals surface area contributed by atoms with Crippen LogP contribution in [-0.2, 0) is 18.3 Å². The van der Waals surface area contributed by atoms with Crippen molar-refractivity contribution in [2.24, 2.45) is 7.05 Å². The maximum atomic E-state index is 13.1. The molecule has 2 aromatic rings. The van der Waals surface area contributed by atoms with Crippen LogP contribution in [0.25, 0.3) is 11.0 Å². The van der Waals surface area contributed by atoms with Gasteiger partial charge >= 0.3 is 5.97 Å². The van der Waals surface area contributed by atoms with E-state index in [9.17, 15) is 9.18 Å². The van der Waals surface area contributed by atoms with Crippen molar-refractivity contribution in [2.45, 2.75) is 25.7 Å². The van der Waals surface area contributed by atoms with E-state index in [1.165, 1.54) is 12.1 Å². The summed E-state index contributed by atoms with van der Waals surface area (Å²) in [6.07, 6.45) is 2.29. The SMILES string of the molecule is Cn1c(CCCCC(=O)O)nc2cc(F)ccc21. The van der Waals surface area contributed by atoms with Crippen molar-refractivity contribution in [3.8, 4) is 0 Å². The number of hydrogen-bond donors (Lipinski definition) is 1. The fraction of sp³-hybridized carbons (Fsp3) is 0.385. The van der Waals surface area contributed by atoms with Crippen LogP contribution in [-0.4, -0.2) is 20.6 Å². The number of aryl methyl sites for hydroxylation is 2. The van der Waals surface area contributed by atoms with E-state index >= 15 is 0 Å². The van der Waals surface area contributed by atoms with Gasteiger partial charge < -0.3 is 9.67 Å². The Morgan fingerprint density at radius 2 is 2.22 bits per heavy atom. The molecular weight excluding hydrogens is 235 g/mol. The van der Waals surface area contributed by atoms with Crippen molar-refractivity contribution in [1.29, 1.82) is 0 Å². The van der Waals surface area contributed by atoms with Gasteiger partial charge in [-0.15, -0.1) is 0 Å². The third kappa shape index (κ3) is 2.67. The first-order chi connectivity index (χ1) is 8.58. The summed E-state index contributed by atoms with van der Waals surface area (Å²) in [5, 5.41) is 8.55. The molecule has 1 heterocycles. The van der Waals surface area contributed by atoms with E-state index in [1.807, 2.05) is 11.6 Å². The first-order valence-electron chi connectivity index (χ1n) is 5.90. The van der Waals surface area contributed by atoms with E-state index in [-0.39, 0.29) is 12.2 Å². The normalized spacial score (nSPS) is 11.0. The molecule has 1 N–H and O–H groups in total. The minimum atomic E-state index is -0.776. The molecule has 4 nitrogen and oxygen atoms in total. The van der Waals surface area contributed by atoms with Crippen LogP contribution in [0.3, 0.4) is 0 Å². The number of rotatable bonds is 5. The average Bonchev–Trinajstić information content (AvgIpc) is 2.61. The molecule has 0 radical (unpaired) electrons. The Morgan fingerprint density at radius 3 is 2.94 bits per heavy atom. The van der Waals surface area contributed by atoms with Crippen LogP contribution in [0.5, 0.6) is 0 Å². The predicted molar refractivity (Wildman–Crippen MR) is 65.9 cm³/mol. The zero-order valence-electron chi connectivity index (χ0n) is 10.2. The van der Waals surface area contributed by atoms with Crippen LogP contribution in [0.15, 0.2) is 18.2 Å². The molecule has 0 aliphatic heterocycles. The van der Waals surface area contributed by atoms with Gasteiger partial charge in [-0.1, -0.05) is 0 Å². The number of imidazole rings is 1. The van der Waals surface area contributed by atoms with Gasteiger partial charge in [-0.2, -0.15) is 0 Å². The molecule has 0 amide bonds. The second kappa shape index (κ2) is 5.16. The van der Waals surface area contributed by atoms with Gasteiger partial charge in [0.2, 0.25) is 0 Å². The lowest BCUT2D eigenvalue weighted by Crippen LogP contribution is -1.99. The molecule has 0 saturated heterocycles. The number of fused-ring (bicyclic) bond motifs is 1. The molecule has 1 aromatic carbocycles. The van der Waals surface area contributed by atoms with Crippen molar-refractivity contribution in [3.63, 3.8) is 0 Å². The summed E-state index contributed by atoms with van der Waals surface area (Å²) in [4.78, 5) is 14.8. The van der Waals surface area contributed by atoms with Crippen molar-refractivity contribution in [3.05, 3.63) is 29.8 Å². The molecule has 0 aliphatic rings. The van der Waals surface area contributed by atoms with Gasteiger partial charge in [-0.25, -0.2) is 9.37 Å². The number of unbranched alkanes of at least 4 members (excludes halogenated alkanes) is 1. The molecule has 5 heteroatoms. The number of aromatic nitrogens is 2. The van der Waals surface area contributed by atoms with Gasteiger partial charge in [0.1, 0.15) is 11.6 Å². The summed E-state index contributed by atoms with van der Waals surface area (Å²) < 4.78 is 15.0. The maximum absolute atomic E-state index is 13.1. The Morgan fingerprint density at radius 1 is 1.44 bits per heavy atom. The second-order valence-electron chi connectivity index (χ2n) is 4.32. The minimum absolute atomic E-state index is 0.179. The highest BCUT2D eigenvalue weighted by atomic mass is 19.1. The number of benzene rings is 1. The Labute approximate surface area is 104 Å². The molecule has 1 aromatic heterocycles. The van der Waals surface area contributed by atoms with Crippen LogP contribution < -0.4 is 0 Å². The van der Waals surface area contributed by atoms with Gasteiger partial charge in [0.15, 0.2) is 0 Å². The molecule has 0 atom stereocenters. The number of halogens is 1. The number of carboxylic acids is 1. The van der Waals surface area contributed by atoms with Crippen molar-refractivity contribution in [2.75, 3.05) is 0 Å². The molecule has 0 saturated carbocycles. The highest BCUT2D eigenvalue weighted by Crippen LogP contribution is 2.17. The smallest absolute Gasteiger partial charge is 0.303 e. The number of carbonyl (C=O) groups is 1. The number of nitrogens with zero attached hydrogens (tertiary/aromatic N) is 2. The largest absolute Gasteiger partial charge is 0.481 e. The summed E-state index contributed by atoms with van der Waals surface area (Å²) in [5.41, 5.74) is 1.54. The van der Waals surface area contributed by atoms with Gasteiger partial charge in [0.25, 0.3) is 0 Å². The van der Waals surface area contributed by atoms with Crippen LogP contribution in [0, 0.1) is 5.82 Å². The van der Waals surface area contributed by atoms with Crippen molar-refractivity contribution < 1.29 is 14.3 Å². The summed E-state index contributed by atoms with van der Waals surface area (Å²) in [5.74, 6) is -0.207. The second-order valence-corrected chi connectivity index (χ2v) is 4.32. The lowest BCUT2D eigenvalue weighted by Gasteiger charge is -2.01. The van der Waals surface area contributed by atoms with E-state index in [0.717, 1.165) is 17.8 Å². The molecule has 0 aliphatic carbocycles. The molecule has 18 heavy (non-hydrogen) atoms. The summed E-state index contributed by atoms with van der Waals surface area (Å²) in [6.45, 7) is 0. The summed E-state index contributed by atoms with van der Waals surface area (Å²) in [6, 6.07) is 4.53. The standard InChI is InChI=1S/C13H15FN2O2/c1-16-11-7-6-9(14)8-10(11)15-12(16)4-2-3-5-13(17)18/h6-8H,2-5H2,1H3,(H,17,18). The molecule has 2 rings (SSSR count). The first kappa shape index (κ1) is 12.5. The minimum Gasteiger partial charge on any atom is -0.481 e. The van der Waals surface area contributed by atoms with E-state index in [2.05, 4.69) is 4.98 Å². The van der Waals surface area contributed by atoms with E-state index in [0.29, 0.717) is 18.4 Å². The van der Waals surface area contributed by atoms with E-state index in [4.69, 9.17) is 5.11 Å². The molecular formula is C13H15FN2O2. The predicted octanol–water partition coefficient (Wildman–Crippen LogP) is 2.51. The Bertz CT molecular complexity index is 578. The average molecular weight is 250 g/mol. The van der Waals surface area contributed by atoms with E-state index in [1.54, 1.807) is 6.07 Å². The van der Waals surface area contributed by atoms with Crippen LogP contribution in [0.2, 0.25) is 0 Å². The molecule has 0 fully saturated rings. The highest BCUT2D eigenvalue weighted by Gasteiger charge is 2.08. The quantitative estimate of drug-likeness (QED) is 0.829. The van der Waals surface area contributed by atoms with Crippen molar-refractivity contribution in [1.82, 2.24) is 9.55 Å². The van der Waals surface area contributed by atoms with Crippen LogP contribution >= 0.6 is 0 Å². The fourth-order valence-corrected chi connectivity index (χ4v) is 2.01. The molecule has 0 bridgehead atoms. The fourth-order valence-electron chi connectivity index (χ4n) is 2.01. The van der Waals surface area contributed by atoms with Crippen molar-refractivity contribution >= 4 is 17.0 Å². The Balaban J connectivity index is 2.09. The third-order valence-electron chi connectivity index (χ3n) is 2.98.